The molecule has 0 saturated heterocycles. The van der Waals surface area contributed by atoms with E-state index in [-0.39, 0.29) is 11.4 Å². The van der Waals surface area contributed by atoms with Gasteiger partial charge in [0, 0.05) is 22.1 Å². The summed E-state index contributed by atoms with van der Waals surface area (Å²) in [4.78, 5) is 25.1. The number of allylic oxidation sites excluding steroid dienone is 1. The third-order valence-electron chi connectivity index (χ3n) is 5.00. The average molecular weight is 451 g/mol. The summed E-state index contributed by atoms with van der Waals surface area (Å²) in [5, 5.41) is 3.89. The Bertz CT molecular complexity index is 1200. The van der Waals surface area contributed by atoms with Gasteiger partial charge in [-0.15, -0.1) is 0 Å². The highest BCUT2D eigenvalue weighted by Crippen LogP contribution is 2.34. The van der Waals surface area contributed by atoms with Crippen molar-refractivity contribution >= 4 is 38.6 Å². The summed E-state index contributed by atoms with van der Waals surface area (Å²) in [7, 11) is 1.40. The molecule has 0 bridgehead atoms. The zero-order valence-corrected chi connectivity index (χ0v) is 17.3. The minimum Gasteiger partial charge on any atom is -0.468 e. The molecule has 0 amide bonds. The first kappa shape index (κ1) is 19.2. The molecule has 6 heteroatoms. The molecule has 3 aromatic rings. The van der Waals surface area contributed by atoms with Crippen molar-refractivity contribution < 1.29 is 9.53 Å². The average Bonchev–Trinajstić information content (AvgIpc) is 2.75. The second kappa shape index (κ2) is 8.09. The zero-order chi connectivity index (χ0) is 20.4. The van der Waals surface area contributed by atoms with Crippen molar-refractivity contribution in [1.82, 2.24) is 9.88 Å². The van der Waals surface area contributed by atoms with Crippen LogP contribution in [0.1, 0.15) is 17.9 Å². The lowest BCUT2D eigenvalue weighted by Gasteiger charge is -2.26. The molecule has 2 aromatic carbocycles. The number of carbonyl (C=O) groups excluding carboxylic acids is 1. The van der Waals surface area contributed by atoms with Crippen molar-refractivity contribution in [2.24, 2.45) is 0 Å². The quantitative estimate of drug-likeness (QED) is 0.598. The Balaban J connectivity index is 1.99. The van der Waals surface area contributed by atoms with Crippen molar-refractivity contribution in [1.29, 1.82) is 0 Å². The highest BCUT2D eigenvalue weighted by molar-refractivity contribution is 9.10. The molecule has 1 aliphatic heterocycles. The summed E-state index contributed by atoms with van der Waals surface area (Å²) < 4.78 is 7.92. The van der Waals surface area contributed by atoms with Crippen LogP contribution in [0.2, 0.25) is 0 Å². The first-order chi connectivity index (χ1) is 14.1. The monoisotopic (exact) mass is 450 g/mol. The van der Waals surface area contributed by atoms with Crippen molar-refractivity contribution in [2.75, 3.05) is 7.11 Å². The number of hydrogen-bond acceptors (Lipinski definition) is 4. The fourth-order valence-electron chi connectivity index (χ4n) is 3.65. The number of dihydropyridines is 1. The van der Waals surface area contributed by atoms with Crippen molar-refractivity contribution in [3.63, 3.8) is 0 Å². The summed E-state index contributed by atoms with van der Waals surface area (Å²) in [6, 6.07) is 16.7. The van der Waals surface area contributed by atoms with E-state index in [2.05, 4.69) is 21.2 Å². The Morgan fingerprint density at radius 2 is 1.97 bits per heavy atom. The van der Waals surface area contributed by atoms with Gasteiger partial charge in [0.1, 0.15) is 11.7 Å². The maximum absolute atomic E-state index is 12.8. The van der Waals surface area contributed by atoms with E-state index in [9.17, 15) is 9.59 Å². The normalized spacial score (nSPS) is 14.6. The van der Waals surface area contributed by atoms with E-state index in [1.165, 1.54) is 13.2 Å². The lowest BCUT2D eigenvalue weighted by molar-refractivity contribution is -0.141. The summed E-state index contributed by atoms with van der Waals surface area (Å²) in [5.41, 5.74) is 2.43. The molecule has 4 rings (SSSR count). The molecule has 0 aliphatic carbocycles. The van der Waals surface area contributed by atoms with Gasteiger partial charge in [-0.2, -0.15) is 0 Å². The predicted molar refractivity (Wildman–Crippen MR) is 117 cm³/mol. The highest BCUT2D eigenvalue weighted by atomic mass is 79.9. The van der Waals surface area contributed by atoms with Crippen LogP contribution in [0.4, 0.5) is 0 Å². The van der Waals surface area contributed by atoms with Crippen molar-refractivity contribution in [3.8, 4) is 0 Å². The number of benzene rings is 2. The van der Waals surface area contributed by atoms with Crippen LogP contribution >= 0.6 is 15.9 Å². The Kier molecular flexibility index (Phi) is 5.36. The number of ether oxygens (including phenoxy) is 1. The van der Waals surface area contributed by atoms with Crippen LogP contribution in [-0.4, -0.2) is 17.6 Å². The van der Waals surface area contributed by atoms with Gasteiger partial charge in [0.2, 0.25) is 0 Å². The van der Waals surface area contributed by atoms with Gasteiger partial charge in [-0.3, -0.25) is 9.59 Å². The maximum atomic E-state index is 12.8. The number of rotatable bonds is 4. The molecule has 0 radical (unpaired) electrons. The Morgan fingerprint density at radius 1 is 1.17 bits per heavy atom. The van der Waals surface area contributed by atoms with Crippen molar-refractivity contribution in [3.05, 3.63) is 98.9 Å². The van der Waals surface area contributed by atoms with E-state index in [1.807, 2.05) is 59.3 Å². The van der Waals surface area contributed by atoms with Gasteiger partial charge < -0.3 is 14.6 Å². The molecular weight excluding hydrogens is 432 g/mol. The maximum Gasteiger partial charge on any atom is 0.317 e. The molecule has 0 fully saturated rings. The van der Waals surface area contributed by atoms with Crippen LogP contribution in [0.3, 0.4) is 0 Å². The van der Waals surface area contributed by atoms with Gasteiger partial charge in [0.05, 0.1) is 12.6 Å². The van der Waals surface area contributed by atoms with Gasteiger partial charge in [-0.05, 0) is 42.0 Å². The Hall–Kier alpha value is -3.12. The minimum atomic E-state index is -0.560. The molecule has 5 nitrogen and oxygen atoms in total. The third-order valence-corrected chi connectivity index (χ3v) is 5.49. The number of nitrogens with one attached hydrogen (secondary N) is 1. The largest absolute Gasteiger partial charge is 0.468 e. The van der Waals surface area contributed by atoms with Gasteiger partial charge in [0.15, 0.2) is 5.43 Å². The standard InChI is InChI=1S/C23H19BrN2O3/c1-29-23(28)21(15-6-3-2-4-7-15)18-8-5-12-25-22(18)26-13-11-20(27)17-10-9-16(24)14-19(17)26/h2-7,9-14,21,25H,8H2,1H3. The lowest BCUT2D eigenvalue weighted by atomic mass is 9.88. The first-order valence-electron chi connectivity index (χ1n) is 9.19. The molecule has 1 unspecified atom stereocenters. The number of methoxy groups -OCH3 is 1. The zero-order valence-electron chi connectivity index (χ0n) is 15.8. The van der Waals surface area contributed by atoms with Crippen LogP contribution in [0.25, 0.3) is 16.7 Å². The number of esters is 1. The molecule has 146 valence electrons. The molecule has 29 heavy (non-hydrogen) atoms. The van der Waals surface area contributed by atoms with Gasteiger partial charge in [-0.25, -0.2) is 0 Å². The number of aromatic nitrogens is 1. The molecular formula is C23H19BrN2O3. The summed E-state index contributed by atoms with van der Waals surface area (Å²) in [6.07, 6.45) is 6.13. The Morgan fingerprint density at radius 3 is 2.72 bits per heavy atom. The summed E-state index contributed by atoms with van der Waals surface area (Å²) >= 11 is 3.49. The van der Waals surface area contributed by atoms with Crippen molar-refractivity contribution in [2.45, 2.75) is 12.3 Å². The summed E-state index contributed by atoms with van der Waals surface area (Å²) in [5.74, 6) is -0.141. The van der Waals surface area contributed by atoms with Crippen LogP contribution in [0.15, 0.2) is 87.9 Å². The predicted octanol–water partition coefficient (Wildman–Crippen LogP) is 4.40. The number of hydrogen-bond donors (Lipinski definition) is 1. The van der Waals surface area contributed by atoms with Crippen LogP contribution < -0.4 is 10.7 Å². The van der Waals surface area contributed by atoms with Gasteiger partial charge in [-0.1, -0.05) is 52.3 Å². The van der Waals surface area contributed by atoms with E-state index in [0.29, 0.717) is 11.8 Å². The van der Waals surface area contributed by atoms with Crippen LogP contribution in [0, 0.1) is 0 Å². The third kappa shape index (κ3) is 3.63. The van der Waals surface area contributed by atoms with E-state index < -0.39 is 5.92 Å². The fraction of sp³-hybridized carbons (Fsp3) is 0.130. The van der Waals surface area contributed by atoms with Gasteiger partial charge >= 0.3 is 5.97 Å². The molecule has 2 heterocycles. The fourth-order valence-corrected chi connectivity index (χ4v) is 4.00. The molecule has 1 N–H and O–H groups in total. The SMILES string of the molecule is COC(=O)C(C1=C(n2ccc(=O)c3ccc(Br)cc32)NC=CC1)c1ccccc1. The highest BCUT2D eigenvalue weighted by Gasteiger charge is 2.29. The number of halogens is 1. The van der Waals surface area contributed by atoms with E-state index >= 15 is 0 Å². The molecule has 0 spiro atoms. The van der Waals surface area contributed by atoms with Crippen LogP contribution in [-0.2, 0) is 9.53 Å². The Labute approximate surface area is 176 Å². The van der Waals surface area contributed by atoms with E-state index in [0.717, 1.165) is 26.9 Å². The minimum absolute atomic E-state index is 0.0511. The number of pyridine rings is 1. The van der Waals surface area contributed by atoms with E-state index in [1.54, 1.807) is 12.3 Å². The van der Waals surface area contributed by atoms with Crippen LogP contribution in [0.5, 0.6) is 0 Å². The first-order valence-corrected chi connectivity index (χ1v) is 9.98. The summed E-state index contributed by atoms with van der Waals surface area (Å²) in [6.45, 7) is 0. The molecule has 1 atom stereocenters. The smallest absolute Gasteiger partial charge is 0.317 e. The number of carbonyl (C=O) groups is 1. The topological polar surface area (TPSA) is 60.3 Å². The number of fused-ring (bicyclic) bond motifs is 1. The molecule has 1 aliphatic rings. The second-order valence-electron chi connectivity index (χ2n) is 6.70. The van der Waals surface area contributed by atoms with Gasteiger partial charge in [0.25, 0.3) is 0 Å². The van der Waals surface area contributed by atoms with E-state index in [4.69, 9.17) is 4.74 Å². The molecule has 1 aromatic heterocycles. The molecule has 0 saturated carbocycles. The lowest BCUT2D eigenvalue weighted by Crippen LogP contribution is -2.25. The number of nitrogens with zero attached hydrogens (tertiary/aromatic N) is 1. The second-order valence-corrected chi connectivity index (χ2v) is 7.62.